The topological polar surface area (TPSA) is 141 Å². The number of hydrogen-bond acceptors (Lipinski definition) is 7. The van der Waals surface area contributed by atoms with E-state index in [9.17, 15) is 18.7 Å². The Morgan fingerprint density at radius 1 is 1.18 bits per heavy atom. The van der Waals surface area contributed by atoms with E-state index in [2.05, 4.69) is 25.9 Å². The van der Waals surface area contributed by atoms with Gasteiger partial charge in [0.25, 0.3) is 0 Å². The number of carbonyl (C=O) groups excluding carboxylic acids is 1. The molecule has 0 aliphatic carbocycles. The molecule has 1 fully saturated rings. The summed E-state index contributed by atoms with van der Waals surface area (Å²) in [6, 6.07) is 11.9. The number of H-pyrrole nitrogens is 1. The van der Waals surface area contributed by atoms with Crippen LogP contribution < -0.4 is 20.3 Å². The first kappa shape index (κ1) is 27.1. The monoisotopic (exact) mass is 553 g/mol. The van der Waals surface area contributed by atoms with Crippen LogP contribution in [0.5, 0.6) is 5.88 Å². The Morgan fingerprint density at radius 3 is 2.67 bits per heavy atom. The second-order valence-corrected chi connectivity index (χ2v) is 9.52. The number of para-hydroxylation sites is 1. The van der Waals surface area contributed by atoms with Gasteiger partial charge in [-0.25, -0.2) is 18.3 Å². The number of aliphatic hydroxyl groups is 2. The number of rotatable bonds is 9. The molecule has 2 amide bonds. The van der Waals surface area contributed by atoms with Gasteiger partial charge in [0.2, 0.25) is 5.88 Å². The van der Waals surface area contributed by atoms with Gasteiger partial charge in [0.15, 0.2) is 11.6 Å². The van der Waals surface area contributed by atoms with Crippen LogP contribution in [-0.4, -0.2) is 74.7 Å². The van der Waals surface area contributed by atoms with E-state index in [1.165, 1.54) is 10.7 Å². The molecule has 11 nitrogen and oxygen atoms in total. The summed E-state index contributed by atoms with van der Waals surface area (Å²) in [7, 11) is 0. The number of aliphatic hydroxyl groups excluding tert-OH is 2. The number of benzene rings is 2. The number of carbonyl (C=O) groups is 1. The summed E-state index contributed by atoms with van der Waals surface area (Å²) in [6.45, 7) is 1.91. The van der Waals surface area contributed by atoms with Gasteiger partial charge in [0, 0.05) is 25.2 Å². The number of aromatic amines is 1. The molecule has 13 heteroatoms. The van der Waals surface area contributed by atoms with E-state index < -0.39 is 36.4 Å². The van der Waals surface area contributed by atoms with Crippen LogP contribution in [0.3, 0.4) is 0 Å². The number of nitrogens with one attached hydrogen (secondary N) is 3. The zero-order valence-electron chi connectivity index (χ0n) is 21.6. The molecule has 0 bridgehead atoms. The van der Waals surface area contributed by atoms with Gasteiger partial charge in [-0.3, -0.25) is 10.4 Å². The summed E-state index contributed by atoms with van der Waals surface area (Å²) < 4.78 is 34.9. The normalized spacial score (nSPS) is 17.6. The predicted octanol–water partition coefficient (Wildman–Crippen LogP) is 2.71. The van der Waals surface area contributed by atoms with Crippen LogP contribution in [0.2, 0.25) is 0 Å². The van der Waals surface area contributed by atoms with Gasteiger partial charge in [0.05, 0.1) is 35.8 Å². The standard InChI is InChI=1S/C27H29F2N7O4/c1-16-25(36(18-5-3-2-4-6-18)34-26(16)40-15-20(38)14-37)33-27(39)32-24-13-35(19-10-30-31-11-19)12-21(24)17-7-8-22(28)23(29)9-17/h2-11,20-21,24,37-38H,12-15H2,1H3,(H,30,31)(H2,32,33,39). The lowest BCUT2D eigenvalue weighted by Crippen LogP contribution is -2.42. The van der Waals surface area contributed by atoms with Gasteiger partial charge < -0.3 is 25.2 Å². The van der Waals surface area contributed by atoms with Crippen LogP contribution in [0.15, 0.2) is 60.9 Å². The molecule has 1 aliphatic rings. The summed E-state index contributed by atoms with van der Waals surface area (Å²) in [4.78, 5) is 15.4. The average Bonchev–Trinajstić information content (AvgIpc) is 3.70. The van der Waals surface area contributed by atoms with E-state index >= 15 is 0 Å². The third-order valence-electron chi connectivity index (χ3n) is 6.79. The number of anilines is 2. The molecule has 210 valence electrons. The fourth-order valence-corrected chi connectivity index (χ4v) is 4.71. The van der Waals surface area contributed by atoms with E-state index in [1.54, 1.807) is 31.5 Å². The summed E-state index contributed by atoms with van der Waals surface area (Å²) in [5, 5.41) is 35.9. The Bertz CT molecular complexity index is 1450. The molecule has 1 aliphatic heterocycles. The van der Waals surface area contributed by atoms with Crippen molar-refractivity contribution in [3.05, 3.63) is 83.7 Å². The molecule has 0 saturated carbocycles. The third-order valence-corrected chi connectivity index (χ3v) is 6.79. The van der Waals surface area contributed by atoms with Crippen LogP contribution >= 0.6 is 0 Å². The summed E-state index contributed by atoms with van der Waals surface area (Å²) >= 11 is 0. The second-order valence-electron chi connectivity index (χ2n) is 9.52. The van der Waals surface area contributed by atoms with Gasteiger partial charge in [-0.2, -0.15) is 5.10 Å². The fourth-order valence-electron chi connectivity index (χ4n) is 4.71. The first-order valence-corrected chi connectivity index (χ1v) is 12.7. The number of aromatic nitrogens is 4. The van der Waals surface area contributed by atoms with Gasteiger partial charge in [-0.1, -0.05) is 24.3 Å². The van der Waals surface area contributed by atoms with Crippen LogP contribution in [-0.2, 0) is 0 Å². The molecule has 4 aromatic rings. The highest BCUT2D eigenvalue weighted by molar-refractivity contribution is 5.90. The Labute approximate surface area is 228 Å². The molecule has 40 heavy (non-hydrogen) atoms. The molecule has 0 spiro atoms. The smallest absolute Gasteiger partial charge is 0.320 e. The minimum atomic E-state index is -1.09. The van der Waals surface area contributed by atoms with Crippen molar-refractivity contribution in [2.45, 2.75) is 25.0 Å². The van der Waals surface area contributed by atoms with Crippen molar-refractivity contribution >= 4 is 17.5 Å². The van der Waals surface area contributed by atoms with Crippen LogP contribution in [0.1, 0.15) is 17.0 Å². The number of hydrogen-bond donors (Lipinski definition) is 5. The quantitative estimate of drug-likeness (QED) is 0.215. The lowest BCUT2D eigenvalue weighted by molar-refractivity contribution is 0.0518. The zero-order valence-corrected chi connectivity index (χ0v) is 21.6. The first-order valence-electron chi connectivity index (χ1n) is 12.7. The molecule has 0 radical (unpaired) electrons. The highest BCUT2D eigenvalue weighted by atomic mass is 19.2. The predicted molar refractivity (Wildman–Crippen MR) is 143 cm³/mol. The maximum absolute atomic E-state index is 14.1. The maximum Gasteiger partial charge on any atom is 0.320 e. The molecule has 1 saturated heterocycles. The van der Waals surface area contributed by atoms with Crippen LogP contribution in [0.4, 0.5) is 25.1 Å². The number of urea groups is 1. The maximum atomic E-state index is 14.1. The van der Waals surface area contributed by atoms with Gasteiger partial charge in [-0.05, 0) is 36.8 Å². The SMILES string of the molecule is Cc1c(OCC(O)CO)nn(-c2ccccc2)c1NC(=O)NC1CN(c2cn[nH]c2)CC1c1ccc(F)c(F)c1. The molecule has 3 atom stereocenters. The van der Waals surface area contributed by atoms with E-state index in [1.807, 2.05) is 23.1 Å². The molecule has 5 rings (SSSR count). The number of amides is 2. The Balaban J connectivity index is 1.39. The molecule has 2 aromatic heterocycles. The van der Waals surface area contributed by atoms with Crippen molar-refractivity contribution in [3.8, 4) is 11.6 Å². The van der Waals surface area contributed by atoms with Crippen LogP contribution in [0.25, 0.3) is 5.69 Å². The second kappa shape index (κ2) is 11.7. The minimum Gasteiger partial charge on any atom is -0.474 e. The van der Waals surface area contributed by atoms with E-state index in [0.717, 1.165) is 17.8 Å². The molecule has 2 aromatic carbocycles. The molecule has 3 unspecified atom stereocenters. The summed E-state index contributed by atoms with van der Waals surface area (Å²) in [5.74, 6) is -1.71. The summed E-state index contributed by atoms with van der Waals surface area (Å²) in [5.41, 5.74) is 2.53. The number of halogens is 2. The Morgan fingerprint density at radius 2 is 1.98 bits per heavy atom. The molecular formula is C27H29F2N7O4. The molecule has 5 N–H and O–H groups in total. The minimum absolute atomic E-state index is 0.179. The van der Waals surface area contributed by atoms with Crippen molar-refractivity contribution in [1.82, 2.24) is 25.3 Å². The van der Waals surface area contributed by atoms with Gasteiger partial charge >= 0.3 is 6.03 Å². The lowest BCUT2D eigenvalue weighted by atomic mass is 9.94. The largest absolute Gasteiger partial charge is 0.474 e. The summed E-state index contributed by atoms with van der Waals surface area (Å²) in [6.07, 6.45) is 2.29. The highest BCUT2D eigenvalue weighted by Crippen LogP contribution is 2.32. The van der Waals surface area contributed by atoms with Gasteiger partial charge in [-0.15, -0.1) is 5.10 Å². The lowest BCUT2D eigenvalue weighted by Gasteiger charge is -2.21. The van der Waals surface area contributed by atoms with Crippen molar-refractivity contribution < 1.29 is 28.5 Å². The van der Waals surface area contributed by atoms with Crippen LogP contribution in [0, 0.1) is 18.6 Å². The Kier molecular flexibility index (Phi) is 7.94. The van der Waals surface area contributed by atoms with E-state index in [4.69, 9.17) is 9.84 Å². The highest BCUT2D eigenvalue weighted by Gasteiger charge is 2.36. The van der Waals surface area contributed by atoms with Crippen molar-refractivity contribution in [1.29, 1.82) is 0 Å². The van der Waals surface area contributed by atoms with E-state index in [-0.39, 0.29) is 18.4 Å². The van der Waals surface area contributed by atoms with Crippen molar-refractivity contribution in [2.75, 3.05) is 36.5 Å². The van der Waals surface area contributed by atoms with Crippen molar-refractivity contribution in [2.24, 2.45) is 0 Å². The molecule has 3 heterocycles. The van der Waals surface area contributed by atoms with Gasteiger partial charge in [0.1, 0.15) is 18.5 Å². The zero-order chi connectivity index (χ0) is 28.2. The van der Waals surface area contributed by atoms with Crippen molar-refractivity contribution in [3.63, 3.8) is 0 Å². The number of ether oxygens (including phenoxy) is 1. The molecular weight excluding hydrogens is 524 g/mol. The van der Waals surface area contributed by atoms with E-state index in [0.29, 0.717) is 35.7 Å². The average molecular weight is 554 g/mol. The first-order chi connectivity index (χ1) is 19.3. The fraction of sp³-hybridized carbons (Fsp3) is 0.296. The Hall–Kier alpha value is -4.49. The third kappa shape index (κ3) is 5.75. The number of nitrogens with zero attached hydrogens (tertiary/aromatic N) is 4.